The second-order valence-corrected chi connectivity index (χ2v) is 4.99. The van der Waals surface area contributed by atoms with Gasteiger partial charge < -0.3 is 15.6 Å². The van der Waals surface area contributed by atoms with Crippen molar-refractivity contribution < 1.29 is 9.32 Å². The van der Waals surface area contributed by atoms with Gasteiger partial charge in [0.2, 0.25) is 11.8 Å². The second kappa shape index (κ2) is 6.94. The van der Waals surface area contributed by atoms with Gasteiger partial charge in [0.25, 0.3) is 0 Å². The Kier molecular flexibility index (Phi) is 4.99. The van der Waals surface area contributed by atoms with E-state index in [4.69, 9.17) is 22.5 Å². The summed E-state index contributed by atoms with van der Waals surface area (Å²) in [4.78, 5) is 16.4. The van der Waals surface area contributed by atoms with E-state index in [0.29, 0.717) is 24.7 Å². The number of aryl methyl sites for hydroxylation is 1. The minimum Gasteiger partial charge on any atom is -0.392 e. The Hall–Kier alpha value is -2.28. The molecule has 2 rings (SSSR count). The van der Waals surface area contributed by atoms with Crippen molar-refractivity contribution in [2.75, 3.05) is 6.54 Å². The molecule has 7 heteroatoms. The van der Waals surface area contributed by atoms with Crippen molar-refractivity contribution in [3.8, 4) is 0 Å². The SMILES string of the molecule is Cc1noc(CCNC(=O)C(C(N)=S)c2ccccc2)n1. The van der Waals surface area contributed by atoms with Crippen molar-refractivity contribution in [2.24, 2.45) is 5.73 Å². The van der Waals surface area contributed by atoms with Crippen molar-refractivity contribution in [3.05, 3.63) is 47.6 Å². The molecule has 0 spiro atoms. The topological polar surface area (TPSA) is 94.0 Å². The summed E-state index contributed by atoms with van der Waals surface area (Å²) in [6, 6.07) is 9.20. The maximum atomic E-state index is 12.2. The van der Waals surface area contributed by atoms with E-state index in [1.807, 2.05) is 30.3 Å². The van der Waals surface area contributed by atoms with E-state index < -0.39 is 5.92 Å². The van der Waals surface area contributed by atoms with Crippen LogP contribution < -0.4 is 11.1 Å². The first-order valence-corrected chi connectivity index (χ1v) is 6.90. The fraction of sp³-hybridized carbons (Fsp3) is 0.286. The van der Waals surface area contributed by atoms with Crippen LogP contribution in [0, 0.1) is 6.92 Å². The van der Waals surface area contributed by atoms with Crippen molar-refractivity contribution >= 4 is 23.1 Å². The summed E-state index contributed by atoms with van der Waals surface area (Å²) in [5.41, 5.74) is 6.46. The third-order valence-corrected chi connectivity index (χ3v) is 3.12. The van der Waals surface area contributed by atoms with E-state index in [1.165, 1.54) is 0 Å². The first-order valence-electron chi connectivity index (χ1n) is 6.49. The van der Waals surface area contributed by atoms with Gasteiger partial charge in [-0.3, -0.25) is 4.79 Å². The van der Waals surface area contributed by atoms with Crippen LogP contribution in [0.25, 0.3) is 0 Å². The summed E-state index contributed by atoms with van der Waals surface area (Å²) in [6.45, 7) is 2.12. The lowest BCUT2D eigenvalue weighted by Gasteiger charge is -2.15. The normalized spacial score (nSPS) is 11.9. The Morgan fingerprint density at radius 3 is 2.71 bits per heavy atom. The van der Waals surface area contributed by atoms with Gasteiger partial charge in [0, 0.05) is 13.0 Å². The summed E-state index contributed by atoms with van der Waals surface area (Å²) in [5, 5.41) is 6.47. The summed E-state index contributed by atoms with van der Waals surface area (Å²) >= 11 is 5.00. The van der Waals surface area contributed by atoms with Crippen molar-refractivity contribution in [2.45, 2.75) is 19.3 Å². The van der Waals surface area contributed by atoms with Crippen LogP contribution in [0.5, 0.6) is 0 Å². The molecule has 1 amide bonds. The van der Waals surface area contributed by atoms with Gasteiger partial charge in [0.15, 0.2) is 5.82 Å². The predicted molar refractivity (Wildman–Crippen MR) is 81.7 cm³/mol. The van der Waals surface area contributed by atoms with Gasteiger partial charge in [0.1, 0.15) is 5.92 Å². The van der Waals surface area contributed by atoms with E-state index in [0.717, 1.165) is 5.56 Å². The molecule has 0 bridgehead atoms. The molecule has 1 atom stereocenters. The van der Waals surface area contributed by atoms with Crippen LogP contribution in [0.15, 0.2) is 34.9 Å². The third-order valence-electron chi connectivity index (χ3n) is 2.89. The maximum Gasteiger partial charge on any atom is 0.234 e. The molecule has 1 heterocycles. The lowest BCUT2D eigenvalue weighted by atomic mass is 9.98. The van der Waals surface area contributed by atoms with Crippen molar-refractivity contribution in [1.29, 1.82) is 0 Å². The smallest absolute Gasteiger partial charge is 0.234 e. The molecule has 1 aromatic heterocycles. The molecule has 0 saturated carbocycles. The summed E-state index contributed by atoms with van der Waals surface area (Å²) in [6.07, 6.45) is 0.464. The Morgan fingerprint density at radius 1 is 1.43 bits per heavy atom. The van der Waals surface area contributed by atoms with Gasteiger partial charge in [-0.05, 0) is 12.5 Å². The zero-order valence-corrected chi connectivity index (χ0v) is 12.4. The fourth-order valence-corrected chi connectivity index (χ4v) is 2.17. The number of carbonyl (C=O) groups is 1. The first-order chi connectivity index (χ1) is 10.1. The quantitative estimate of drug-likeness (QED) is 0.776. The van der Waals surface area contributed by atoms with Crippen LogP contribution in [0.3, 0.4) is 0 Å². The van der Waals surface area contributed by atoms with Crippen LogP contribution in [0.1, 0.15) is 23.2 Å². The van der Waals surface area contributed by atoms with Crippen molar-refractivity contribution in [1.82, 2.24) is 15.5 Å². The van der Waals surface area contributed by atoms with E-state index in [1.54, 1.807) is 6.92 Å². The average Bonchev–Trinajstić information content (AvgIpc) is 2.85. The number of nitrogens with zero attached hydrogens (tertiary/aromatic N) is 2. The molecule has 110 valence electrons. The summed E-state index contributed by atoms with van der Waals surface area (Å²) < 4.78 is 4.98. The van der Waals surface area contributed by atoms with Gasteiger partial charge in [-0.15, -0.1) is 0 Å². The zero-order valence-electron chi connectivity index (χ0n) is 11.6. The van der Waals surface area contributed by atoms with Gasteiger partial charge >= 0.3 is 0 Å². The Labute approximate surface area is 127 Å². The highest BCUT2D eigenvalue weighted by molar-refractivity contribution is 7.80. The number of amides is 1. The highest BCUT2D eigenvalue weighted by Gasteiger charge is 2.23. The van der Waals surface area contributed by atoms with E-state index in [2.05, 4.69) is 15.5 Å². The number of aromatic nitrogens is 2. The van der Waals surface area contributed by atoms with Crippen LogP contribution >= 0.6 is 12.2 Å². The number of nitrogens with two attached hydrogens (primary N) is 1. The lowest BCUT2D eigenvalue weighted by molar-refractivity contribution is -0.121. The van der Waals surface area contributed by atoms with E-state index in [-0.39, 0.29) is 10.9 Å². The highest BCUT2D eigenvalue weighted by atomic mass is 32.1. The largest absolute Gasteiger partial charge is 0.392 e. The fourth-order valence-electron chi connectivity index (χ4n) is 1.93. The molecule has 0 aliphatic rings. The molecule has 0 aliphatic heterocycles. The molecule has 0 aliphatic carbocycles. The monoisotopic (exact) mass is 304 g/mol. The van der Waals surface area contributed by atoms with Gasteiger partial charge in [0.05, 0.1) is 4.99 Å². The third kappa shape index (κ3) is 4.09. The van der Waals surface area contributed by atoms with Gasteiger partial charge in [-0.1, -0.05) is 47.7 Å². The molecule has 0 radical (unpaired) electrons. The van der Waals surface area contributed by atoms with Gasteiger partial charge in [-0.25, -0.2) is 0 Å². The Balaban J connectivity index is 1.95. The minimum absolute atomic E-state index is 0.146. The predicted octanol–water partition coefficient (Wildman–Crippen LogP) is 1.11. The van der Waals surface area contributed by atoms with Crippen LogP contribution in [0.4, 0.5) is 0 Å². The number of hydrogen-bond donors (Lipinski definition) is 2. The lowest BCUT2D eigenvalue weighted by Crippen LogP contribution is -2.37. The first kappa shape index (κ1) is 15.1. The summed E-state index contributed by atoms with van der Waals surface area (Å²) in [7, 11) is 0. The average molecular weight is 304 g/mol. The molecule has 0 saturated heterocycles. The zero-order chi connectivity index (χ0) is 15.2. The molecule has 21 heavy (non-hydrogen) atoms. The number of hydrogen-bond acceptors (Lipinski definition) is 5. The van der Waals surface area contributed by atoms with Crippen LogP contribution in [-0.2, 0) is 11.2 Å². The minimum atomic E-state index is -0.634. The number of benzene rings is 1. The maximum absolute atomic E-state index is 12.2. The highest BCUT2D eigenvalue weighted by Crippen LogP contribution is 2.16. The van der Waals surface area contributed by atoms with Gasteiger partial charge in [-0.2, -0.15) is 4.98 Å². The molecule has 6 nitrogen and oxygen atoms in total. The molecule has 0 fully saturated rings. The van der Waals surface area contributed by atoms with E-state index in [9.17, 15) is 4.79 Å². The Bertz CT molecular complexity index is 627. The molecular weight excluding hydrogens is 288 g/mol. The second-order valence-electron chi connectivity index (χ2n) is 4.52. The number of rotatable bonds is 6. The number of carbonyl (C=O) groups excluding carboxylic acids is 1. The standard InChI is InChI=1S/C14H16N4O2S/c1-9-17-11(20-18-9)7-8-16-14(19)12(13(15)21)10-5-3-2-4-6-10/h2-6,12H,7-8H2,1H3,(H2,15,21)(H,16,19). The molecule has 2 aromatic rings. The number of thiocarbonyl (C=S) groups is 1. The number of nitrogens with one attached hydrogen (secondary N) is 1. The molecule has 1 unspecified atom stereocenters. The Morgan fingerprint density at radius 2 is 2.14 bits per heavy atom. The van der Waals surface area contributed by atoms with Crippen LogP contribution in [0.2, 0.25) is 0 Å². The molecular formula is C14H16N4O2S. The summed E-state index contributed by atoms with van der Waals surface area (Å²) in [5.74, 6) is 0.191. The molecule has 3 N–H and O–H groups in total. The van der Waals surface area contributed by atoms with E-state index >= 15 is 0 Å². The molecule has 1 aromatic carbocycles. The van der Waals surface area contributed by atoms with Crippen LogP contribution in [-0.4, -0.2) is 27.6 Å². The van der Waals surface area contributed by atoms with Crippen molar-refractivity contribution in [3.63, 3.8) is 0 Å².